The van der Waals surface area contributed by atoms with Crippen molar-refractivity contribution < 1.29 is 14.6 Å². The molecule has 0 radical (unpaired) electrons. The summed E-state index contributed by atoms with van der Waals surface area (Å²) in [5, 5.41) is 13.9. The Hall–Kier alpha value is -3.61. The summed E-state index contributed by atoms with van der Waals surface area (Å²) in [6.07, 6.45) is 0.579. The third-order valence-electron chi connectivity index (χ3n) is 6.41. The fraction of sp³-hybridized carbons (Fsp3) is 0.172. The van der Waals surface area contributed by atoms with Crippen molar-refractivity contribution in [3.05, 3.63) is 132 Å². The zero-order valence-corrected chi connectivity index (χ0v) is 20.1. The first kappa shape index (κ1) is 23.1. The molecule has 6 heteroatoms. The summed E-state index contributed by atoms with van der Waals surface area (Å²) in [5.41, 5.74) is 3.88. The molecule has 35 heavy (non-hydrogen) atoms. The SMILES string of the molecule is COc1ccc(C(O)C2C(=O)NC2SC(c2ccccc2)(c2ccccc2)c2ccccc2)cn1. The largest absolute Gasteiger partial charge is 0.481 e. The maximum absolute atomic E-state index is 12.7. The molecule has 4 aromatic rings. The van der Waals surface area contributed by atoms with Gasteiger partial charge in [-0.1, -0.05) is 91.0 Å². The van der Waals surface area contributed by atoms with Gasteiger partial charge in [-0.3, -0.25) is 4.79 Å². The quantitative estimate of drug-likeness (QED) is 0.276. The van der Waals surface area contributed by atoms with Crippen LogP contribution in [0.5, 0.6) is 5.88 Å². The van der Waals surface area contributed by atoms with Gasteiger partial charge in [0.15, 0.2) is 0 Å². The molecule has 3 aromatic carbocycles. The number of aliphatic hydroxyl groups excluding tert-OH is 1. The van der Waals surface area contributed by atoms with Crippen LogP contribution in [0, 0.1) is 5.92 Å². The van der Waals surface area contributed by atoms with Crippen molar-refractivity contribution >= 4 is 17.7 Å². The van der Waals surface area contributed by atoms with E-state index in [1.54, 1.807) is 37.2 Å². The number of benzene rings is 3. The van der Waals surface area contributed by atoms with Crippen LogP contribution < -0.4 is 10.1 Å². The number of methoxy groups -OCH3 is 1. The van der Waals surface area contributed by atoms with Gasteiger partial charge in [-0.15, -0.1) is 11.8 Å². The summed E-state index contributed by atoms with van der Waals surface area (Å²) in [4.78, 5) is 17.0. The number of amides is 1. The first-order valence-corrected chi connectivity index (χ1v) is 12.3. The lowest BCUT2D eigenvalue weighted by Gasteiger charge is -2.45. The number of pyridine rings is 1. The number of nitrogens with one attached hydrogen (secondary N) is 1. The van der Waals surface area contributed by atoms with Crippen molar-refractivity contribution in [3.8, 4) is 5.88 Å². The Morgan fingerprint density at radius 2 is 1.37 bits per heavy atom. The van der Waals surface area contributed by atoms with Gasteiger partial charge < -0.3 is 15.2 Å². The van der Waals surface area contributed by atoms with E-state index in [0.29, 0.717) is 11.4 Å². The number of rotatable bonds is 8. The standard InChI is InChI=1S/C29H26N2O3S/c1-34-24-18-17-20(19-30-24)26(32)25-27(33)31-28(25)35-29(21-11-5-2-6-12-21,22-13-7-3-8-14-22)23-15-9-4-10-16-23/h2-19,25-26,28,32H,1H3,(H,31,33). The second-order valence-electron chi connectivity index (χ2n) is 8.43. The lowest BCUT2D eigenvalue weighted by Crippen LogP contribution is -2.59. The second-order valence-corrected chi connectivity index (χ2v) is 9.79. The number of aromatic nitrogens is 1. The number of carbonyl (C=O) groups excluding carboxylic acids is 1. The molecule has 0 bridgehead atoms. The predicted molar refractivity (Wildman–Crippen MR) is 138 cm³/mol. The minimum atomic E-state index is -0.986. The third-order valence-corrected chi connectivity index (χ3v) is 8.13. The van der Waals surface area contributed by atoms with E-state index in [1.165, 1.54) is 0 Å². The number of hydrogen-bond donors (Lipinski definition) is 2. The van der Waals surface area contributed by atoms with Gasteiger partial charge in [0.05, 0.1) is 29.3 Å². The van der Waals surface area contributed by atoms with Crippen LogP contribution in [0.15, 0.2) is 109 Å². The molecular weight excluding hydrogens is 456 g/mol. The molecular formula is C29H26N2O3S. The lowest BCUT2D eigenvalue weighted by atomic mass is 9.84. The summed E-state index contributed by atoms with van der Waals surface area (Å²) >= 11 is 1.64. The highest BCUT2D eigenvalue weighted by molar-refractivity contribution is 8.01. The maximum atomic E-state index is 12.7. The average Bonchev–Trinajstić information content (AvgIpc) is 2.92. The minimum Gasteiger partial charge on any atom is -0.481 e. The minimum absolute atomic E-state index is 0.172. The smallest absolute Gasteiger partial charge is 0.229 e. The van der Waals surface area contributed by atoms with Crippen LogP contribution in [-0.2, 0) is 9.54 Å². The van der Waals surface area contributed by atoms with Crippen LogP contribution in [0.2, 0.25) is 0 Å². The van der Waals surface area contributed by atoms with Crippen molar-refractivity contribution in [2.45, 2.75) is 16.2 Å². The number of hydrogen-bond acceptors (Lipinski definition) is 5. The Labute approximate surface area is 209 Å². The summed E-state index contributed by atoms with van der Waals surface area (Å²) in [6.45, 7) is 0. The van der Waals surface area contributed by atoms with Gasteiger partial charge in [0.25, 0.3) is 0 Å². The highest BCUT2D eigenvalue weighted by Crippen LogP contribution is 2.53. The zero-order valence-electron chi connectivity index (χ0n) is 19.2. The molecule has 0 saturated carbocycles. The average molecular weight is 483 g/mol. The molecule has 3 unspecified atom stereocenters. The first-order valence-electron chi connectivity index (χ1n) is 11.5. The summed E-state index contributed by atoms with van der Waals surface area (Å²) in [6, 6.07) is 34.4. The van der Waals surface area contributed by atoms with Crippen molar-refractivity contribution in [3.63, 3.8) is 0 Å². The summed E-state index contributed by atoms with van der Waals surface area (Å²) in [7, 11) is 1.54. The van der Waals surface area contributed by atoms with Crippen molar-refractivity contribution in [2.24, 2.45) is 5.92 Å². The van der Waals surface area contributed by atoms with Gasteiger partial charge in [-0.2, -0.15) is 0 Å². The van der Waals surface area contributed by atoms with Crippen LogP contribution in [-0.4, -0.2) is 28.5 Å². The van der Waals surface area contributed by atoms with E-state index in [-0.39, 0.29) is 11.3 Å². The van der Waals surface area contributed by atoms with E-state index in [9.17, 15) is 9.90 Å². The molecule has 5 nitrogen and oxygen atoms in total. The maximum Gasteiger partial charge on any atom is 0.229 e. The van der Waals surface area contributed by atoms with E-state index in [4.69, 9.17) is 4.74 Å². The highest BCUT2D eigenvalue weighted by atomic mass is 32.2. The molecule has 2 heterocycles. The topological polar surface area (TPSA) is 71.5 Å². The normalized spacial score (nSPS) is 18.3. The van der Waals surface area contributed by atoms with Crippen LogP contribution >= 0.6 is 11.8 Å². The fourth-order valence-electron chi connectivity index (χ4n) is 4.59. The monoisotopic (exact) mass is 482 g/mol. The number of ether oxygens (including phenoxy) is 1. The Morgan fingerprint density at radius 1 is 0.857 bits per heavy atom. The van der Waals surface area contributed by atoms with E-state index in [2.05, 4.69) is 46.7 Å². The van der Waals surface area contributed by atoms with Crippen LogP contribution in [0.1, 0.15) is 28.4 Å². The van der Waals surface area contributed by atoms with Gasteiger partial charge in [0, 0.05) is 17.8 Å². The number of nitrogens with zero attached hydrogens (tertiary/aromatic N) is 1. The van der Waals surface area contributed by atoms with E-state index in [0.717, 1.165) is 16.7 Å². The Bertz CT molecular complexity index is 1170. The Kier molecular flexibility index (Phi) is 6.57. The molecule has 1 fully saturated rings. The fourth-order valence-corrected chi connectivity index (χ4v) is 6.38. The summed E-state index contributed by atoms with van der Waals surface area (Å²) in [5.74, 6) is -0.333. The second kappa shape index (κ2) is 9.94. The van der Waals surface area contributed by atoms with Gasteiger partial charge in [0.2, 0.25) is 11.8 Å². The van der Waals surface area contributed by atoms with Crippen LogP contribution in [0.25, 0.3) is 0 Å². The zero-order chi connectivity index (χ0) is 24.3. The van der Waals surface area contributed by atoms with Crippen molar-refractivity contribution in [1.82, 2.24) is 10.3 Å². The van der Waals surface area contributed by atoms with Crippen LogP contribution in [0.3, 0.4) is 0 Å². The lowest BCUT2D eigenvalue weighted by molar-refractivity contribution is -0.137. The molecule has 1 saturated heterocycles. The van der Waals surface area contributed by atoms with E-state index in [1.807, 2.05) is 54.6 Å². The first-order chi connectivity index (χ1) is 17.1. The number of aliphatic hydroxyl groups is 1. The molecule has 0 spiro atoms. The van der Waals surface area contributed by atoms with Crippen LogP contribution in [0.4, 0.5) is 0 Å². The number of carbonyl (C=O) groups is 1. The van der Waals surface area contributed by atoms with Gasteiger partial charge in [-0.05, 0) is 22.8 Å². The predicted octanol–water partition coefficient (Wildman–Crippen LogP) is 4.92. The molecule has 176 valence electrons. The van der Waals surface area contributed by atoms with Crippen molar-refractivity contribution in [1.29, 1.82) is 0 Å². The third kappa shape index (κ3) is 4.31. The van der Waals surface area contributed by atoms with Gasteiger partial charge in [0.1, 0.15) is 0 Å². The van der Waals surface area contributed by atoms with Crippen molar-refractivity contribution in [2.75, 3.05) is 7.11 Å². The molecule has 0 aliphatic carbocycles. The molecule has 1 aliphatic rings. The molecule has 1 aromatic heterocycles. The van der Waals surface area contributed by atoms with E-state index >= 15 is 0 Å². The number of β-lactam (4-membered cyclic amide) rings is 1. The molecule has 1 amide bonds. The highest BCUT2D eigenvalue weighted by Gasteiger charge is 2.50. The Morgan fingerprint density at radius 3 is 1.77 bits per heavy atom. The Balaban J connectivity index is 1.58. The molecule has 3 atom stereocenters. The molecule has 5 rings (SSSR count). The van der Waals surface area contributed by atoms with Gasteiger partial charge in [-0.25, -0.2) is 4.98 Å². The molecule has 1 aliphatic heterocycles. The van der Waals surface area contributed by atoms with Gasteiger partial charge >= 0.3 is 0 Å². The summed E-state index contributed by atoms with van der Waals surface area (Å²) < 4.78 is 4.53. The molecule has 2 N–H and O–H groups in total. The number of thioether (sulfide) groups is 1. The van der Waals surface area contributed by atoms with E-state index < -0.39 is 16.8 Å².